The summed E-state index contributed by atoms with van der Waals surface area (Å²) in [6.07, 6.45) is 1.56. The number of aryl methyl sites for hydroxylation is 1. The lowest BCUT2D eigenvalue weighted by molar-refractivity contribution is 0.523. The summed E-state index contributed by atoms with van der Waals surface area (Å²) in [6, 6.07) is 7.08. The van der Waals surface area contributed by atoms with Gasteiger partial charge in [-0.2, -0.15) is 0 Å². The van der Waals surface area contributed by atoms with Crippen LogP contribution in [0.4, 0.5) is 0 Å². The standard InChI is InChI=1S/C13H20O2S/c1-5-10-13(3,4)16(14,15)12-8-6-11(2)7-9-12/h6-9H,5,10H2,1-4H3. The van der Waals surface area contributed by atoms with E-state index in [2.05, 4.69) is 0 Å². The molecular formula is C13H20O2S. The van der Waals surface area contributed by atoms with Crippen LogP contribution in [0.15, 0.2) is 29.2 Å². The molecule has 0 N–H and O–H groups in total. The quantitative estimate of drug-likeness (QED) is 0.808. The molecule has 0 fully saturated rings. The van der Waals surface area contributed by atoms with Crippen LogP contribution in [-0.2, 0) is 9.84 Å². The smallest absolute Gasteiger partial charge is 0.183 e. The lowest BCUT2D eigenvalue weighted by atomic mass is 10.1. The molecule has 0 saturated heterocycles. The van der Waals surface area contributed by atoms with Gasteiger partial charge in [-0.25, -0.2) is 8.42 Å². The fourth-order valence-corrected chi connectivity index (χ4v) is 3.38. The van der Waals surface area contributed by atoms with E-state index in [1.807, 2.05) is 26.0 Å². The Labute approximate surface area is 98.6 Å². The summed E-state index contributed by atoms with van der Waals surface area (Å²) in [5.41, 5.74) is 1.08. The van der Waals surface area contributed by atoms with Crippen LogP contribution in [0.2, 0.25) is 0 Å². The Morgan fingerprint density at radius 3 is 2.06 bits per heavy atom. The van der Waals surface area contributed by atoms with Crippen LogP contribution in [0.5, 0.6) is 0 Å². The van der Waals surface area contributed by atoms with E-state index in [1.165, 1.54) is 0 Å². The molecule has 16 heavy (non-hydrogen) atoms. The van der Waals surface area contributed by atoms with Gasteiger partial charge in [0.1, 0.15) is 0 Å². The maximum absolute atomic E-state index is 12.4. The molecule has 90 valence electrons. The molecule has 1 aromatic carbocycles. The summed E-state index contributed by atoms with van der Waals surface area (Å²) < 4.78 is 24.0. The normalized spacial score (nSPS) is 12.8. The van der Waals surface area contributed by atoms with E-state index in [-0.39, 0.29) is 0 Å². The van der Waals surface area contributed by atoms with Crippen molar-refractivity contribution in [2.45, 2.75) is 50.2 Å². The molecule has 0 aliphatic heterocycles. The number of hydrogen-bond acceptors (Lipinski definition) is 2. The van der Waals surface area contributed by atoms with Crippen LogP contribution in [-0.4, -0.2) is 13.2 Å². The third kappa shape index (κ3) is 2.46. The van der Waals surface area contributed by atoms with E-state index in [0.717, 1.165) is 12.0 Å². The van der Waals surface area contributed by atoms with Crippen molar-refractivity contribution >= 4 is 9.84 Å². The molecule has 0 radical (unpaired) electrons. The Kier molecular flexibility index (Phi) is 3.79. The van der Waals surface area contributed by atoms with E-state index in [1.54, 1.807) is 26.0 Å². The Morgan fingerprint density at radius 2 is 1.62 bits per heavy atom. The zero-order valence-corrected chi connectivity index (χ0v) is 11.3. The predicted octanol–water partition coefficient (Wildman–Crippen LogP) is 3.35. The first kappa shape index (κ1) is 13.2. The van der Waals surface area contributed by atoms with E-state index >= 15 is 0 Å². The maximum atomic E-state index is 12.4. The highest BCUT2D eigenvalue weighted by molar-refractivity contribution is 7.92. The Bertz CT molecular complexity index is 441. The van der Waals surface area contributed by atoms with Gasteiger partial charge in [0.15, 0.2) is 9.84 Å². The summed E-state index contributed by atoms with van der Waals surface area (Å²) >= 11 is 0. The molecule has 0 aliphatic rings. The van der Waals surface area contributed by atoms with E-state index < -0.39 is 14.6 Å². The minimum Gasteiger partial charge on any atom is -0.223 e. The topological polar surface area (TPSA) is 34.1 Å². The van der Waals surface area contributed by atoms with Gasteiger partial charge in [0.25, 0.3) is 0 Å². The van der Waals surface area contributed by atoms with Crippen molar-refractivity contribution in [1.29, 1.82) is 0 Å². The van der Waals surface area contributed by atoms with Crippen LogP contribution in [0.1, 0.15) is 39.2 Å². The third-order valence-corrected chi connectivity index (χ3v) is 5.46. The minimum absolute atomic E-state index is 0.427. The number of hydrogen-bond donors (Lipinski definition) is 0. The van der Waals surface area contributed by atoms with Gasteiger partial charge < -0.3 is 0 Å². The molecule has 0 bridgehead atoms. The van der Waals surface area contributed by atoms with Crippen LogP contribution in [0.3, 0.4) is 0 Å². The first-order valence-electron chi connectivity index (χ1n) is 5.62. The van der Waals surface area contributed by atoms with Crippen molar-refractivity contribution in [3.8, 4) is 0 Å². The molecule has 0 heterocycles. The van der Waals surface area contributed by atoms with Crippen LogP contribution < -0.4 is 0 Å². The van der Waals surface area contributed by atoms with Gasteiger partial charge >= 0.3 is 0 Å². The molecule has 0 amide bonds. The number of sulfone groups is 1. The molecule has 0 aliphatic carbocycles. The molecule has 0 aromatic heterocycles. The Balaban J connectivity index is 3.16. The summed E-state index contributed by atoms with van der Waals surface area (Å²) in [5.74, 6) is 0. The predicted molar refractivity (Wildman–Crippen MR) is 67.4 cm³/mol. The second kappa shape index (κ2) is 4.58. The van der Waals surface area contributed by atoms with Crippen molar-refractivity contribution in [3.63, 3.8) is 0 Å². The van der Waals surface area contributed by atoms with Gasteiger partial charge in [-0.15, -0.1) is 0 Å². The minimum atomic E-state index is -3.22. The van der Waals surface area contributed by atoms with Crippen molar-refractivity contribution in [1.82, 2.24) is 0 Å². The SMILES string of the molecule is CCCC(C)(C)S(=O)(=O)c1ccc(C)cc1. The van der Waals surface area contributed by atoms with Crippen LogP contribution in [0, 0.1) is 6.92 Å². The molecule has 2 nitrogen and oxygen atoms in total. The Hall–Kier alpha value is -0.830. The lowest BCUT2D eigenvalue weighted by Gasteiger charge is -2.24. The van der Waals surface area contributed by atoms with Crippen molar-refractivity contribution in [3.05, 3.63) is 29.8 Å². The molecule has 3 heteroatoms. The molecule has 1 aromatic rings. The molecule has 1 rings (SSSR count). The average Bonchev–Trinajstić information content (AvgIpc) is 2.18. The summed E-state index contributed by atoms with van der Waals surface area (Å²) in [5, 5.41) is 0. The molecule has 0 unspecified atom stereocenters. The van der Waals surface area contributed by atoms with Crippen molar-refractivity contribution < 1.29 is 8.42 Å². The van der Waals surface area contributed by atoms with E-state index in [4.69, 9.17) is 0 Å². The van der Waals surface area contributed by atoms with Gasteiger partial charge in [-0.05, 0) is 39.3 Å². The van der Waals surface area contributed by atoms with Gasteiger partial charge in [-0.1, -0.05) is 31.0 Å². The summed E-state index contributed by atoms with van der Waals surface area (Å²) in [6.45, 7) is 7.55. The monoisotopic (exact) mass is 240 g/mol. The maximum Gasteiger partial charge on any atom is 0.183 e. The van der Waals surface area contributed by atoms with Crippen LogP contribution >= 0.6 is 0 Å². The average molecular weight is 240 g/mol. The first-order chi connectivity index (χ1) is 7.31. The number of rotatable bonds is 4. The van der Waals surface area contributed by atoms with Gasteiger partial charge in [-0.3, -0.25) is 0 Å². The summed E-state index contributed by atoms with van der Waals surface area (Å²) in [7, 11) is -3.22. The molecule has 0 atom stereocenters. The van der Waals surface area contributed by atoms with Gasteiger partial charge in [0.2, 0.25) is 0 Å². The van der Waals surface area contributed by atoms with Gasteiger partial charge in [0.05, 0.1) is 9.64 Å². The highest BCUT2D eigenvalue weighted by atomic mass is 32.2. The molecule has 0 spiro atoms. The lowest BCUT2D eigenvalue weighted by Crippen LogP contribution is -2.31. The third-order valence-electron chi connectivity index (χ3n) is 2.91. The summed E-state index contributed by atoms with van der Waals surface area (Å²) in [4.78, 5) is 0.427. The highest BCUT2D eigenvalue weighted by Gasteiger charge is 2.34. The fourth-order valence-electron chi connectivity index (χ4n) is 1.77. The number of benzene rings is 1. The van der Waals surface area contributed by atoms with Gasteiger partial charge in [0, 0.05) is 0 Å². The largest absolute Gasteiger partial charge is 0.223 e. The second-order valence-corrected chi connectivity index (χ2v) is 7.41. The van der Waals surface area contributed by atoms with Crippen molar-refractivity contribution in [2.24, 2.45) is 0 Å². The zero-order chi connectivity index (χ0) is 12.4. The Morgan fingerprint density at radius 1 is 1.12 bits per heavy atom. The second-order valence-electron chi connectivity index (χ2n) is 4.83. The van der Waals surface area contributed by atoms with Crippen molar-refractivity contribution in [2.75, 3.05) is 0 Å². The fraction of sp³-hybridized carbons (Fsp3) is 0.538. The van der Waals surface area contributed by atoms with E-state index in [9.17, 15) is 8.42 Å². The molecular weight excluding hydrogens is 220 g/mol. The van der Waals surface area contributed by atoms with E-state index in [0.29, 0.717) is 11.3 Å². The molecule has 0 saturated carbocycles. The first-order valence-corrected chi connectivity index (χ1v) is 7.11. The zero-order valence-electron chi connectivity index (χ0n) is 10.4. The van der Waals surface area contributed by atoms with Crippen LogP contribution in [0.25, 0.3) is 0 Å². The highest BCUT2D eigenvalue weighted by Crippen LogP contribution is 2.29.